The van der Waals surface area contributed by atoms with E-state index in [-0.39, 0.29) is 5.56 Å². The Labute approximate surface area is 189 Å². The molecule has 0 amide bonds. The predicted molar refractivity (Wildman–Crippen MR) is 130 cm³/mol. The fourth-order valence-electron chi connectivity index (χ4n) is 4.20. The summed E-state index contributed by atoms with van der Waals surface area (Å²) in [4.78, 5) is 18.7. The summed E-state index contributed by atoms with van der Waals surface area (Å²) in [5.74, 6) is 0. The summed E-state index contributed by atoms with van der Waals surface area (Å²) < 4.78 is 4.61. The van der Waals surface area contributed by atoms with Crippen LogP contribution in [0.15, 0.2) is 41.2 Å². The molecule has 0 aliphatic rings. The maximum atomic E-state index is 13.3. The SMILES string of the molecule is Cc1cc2nc3s/c(=C\c4cc(C)n(-c5cccc(Cl)c5C)c4C)c(=O)n3c2cc1C. The maximum absolute atomic E-state index is 13.3. The molecule has 5 aromatic rings. The number of hydrogen-bond acceptors (Lipinski definition) is 3. The highest BCUT2D eigenvalue weighted by atomic mass is 35.5. The van der Waals surface area contributed by atoms with E-state index in [2.05, 4.69) is 50.5 Å². The fraction of sp³-hybridized carbons (Fsp3) is 0.200. The van der Waals surface area contributed by atoms with Crippen LogP contribution < -0.4 is 10.1 Å². The zero-order chi connectivity index (χ0) is 22.0. The van der Waals surface area contributed by atoms with Crippen LogP contribution in [0, 0.1) is 34.6 Å². The van der Waals surface area contributed by atoms with Crippen molar-refractivity contribution in [2.75, 3.05) is 0 Å². The van der Waals surface area contributed by atoms with Gasteiger partial charge in [-0.3, -0.25) is 4.79 Å². The Hall–Kier alpha value is -2.89. The first-order valence-electron chi connectivity index (χ1n) is 10.1. The highest BCUT2D eigenvalue weighted by Gasteiger charge is 2.15. The van der Waals surface area contributed by atoms with E-state index in [9.17, 15) is 4.79 Å². The molecule has 4 nitrogen and oxygen atoms in total. The lowest BCUT2D eigenvalue weighted by Crippen LogP contribution is -2.22. The third-order valence-electron chi connectivity index (χ3n) is 6.09. The van der Waals surface area contributed by atoms with Crippen molar-refractivity contribution in [1.82, 2.24) is 14.0 Å². The highest BCUT2D eigenvalue weighted by Crippen LogP contribution is 2.27. The highest BCUT2D eigenvalue weighted by molar-refractivity contribution is 7.15. The van der Waals surface area contributed by atoms with E-state index in [1.54, 1.807) is 4.40 Å². The Morgan fingerprint density at radius 2 is 1.77 bits per heavy atom. The lowest BCUT2D eigenvalue weighted by molar-refractivity contribution is 0.954. The molecule has 0 aliphatic heterocycles. The molecule has 0 atom stereocenters. The Morgan fingerprint density at radius 3 is 2.55 bits per heavy atom. The number of rotatable bonds is 2. The first-order chi connectivity index (χ1) is 14.8. The summed E-state index contributed by atoms with van der Waals surface area (Å²) in [6.45, 7) is 10.3. The summed E-state index contributed by atoms with van der Waals surface area (Å²) in [5.41, 5.74) is 9.35. The van der Waals surface area contributed by atoms with E-state index >= 15 is 0 Å². The van der Waals surface area contributed by atoms with E-state index < -0.39 is 0 Å². The van der Waals surface area contributed by atoms with Crippen LogP contribution in [0.1, 0.15) is 33.6 Å². The van der Waals surface area contributed by atoms with Gasteiger partial charge in [-0.15, -0.1) is 0 Å². The van der Waals surface area contributed by atoms with Gasteiger partial charge in [0.15, 0.2) is 4.96 Å². The molecule has 31 heavy (non-hydrogen) atoms. The Balaban J connectivity index is 1.72. The molecule has 156 valence electrons. The van der Waals surface area contributed by atoms with Crippen molar-refractivity contribution in [2.45, 2.75) is 34.6 Å². The number of nitrogens with zero attached hydrogens (tertiary/aromatic N) is 3. The number of imidazole rings is 1. The number of benzene rings is 2. The number of fused-ring (bicyclic) bond motifs is 3. The number of aryl methyl sites for hydroxylation is 3. The van der Waals surface area contributed by atoms with E-state index in [1.807, 2.05) is 31.2 Å². The maximum Gasteiger partial charge on any atom is 0.274 e. The molecule has 0 aliphatic carbocycles. The molecule has 2 aromatic carbocycles. The number of halogens is 1. The van der Waals surface area contributed by atoms with E-state index in [1.165, 1.54) is 16.9 Å². The van der Waals surface area contributed by atoms with Gasteiger partial charge in [-0.2, -0.15) is 0 Å². The topological polar surface area (TPSA) is 39.3 Å². The average Bonchev–Trinajstić information content (AvgIpc) is 3.30. The van der Waals surface area contributed by atoms with Gasteiger partial charge in [-0.05, 0) is 93.3 Å². The van der Waals surface area contributed by atoms with Crippen LogP contribution >= 0.6 is 22.9 Å². The summed E-state index contributed by atoms with van der Waals surface area (Å²) in [6.07, 6.45) is 1.98. The molecule has 0 saturated heterocycles. The van der Waals surface area contributed by atoms with Crippen molar-refractivity contribution in [3.8, 4) is 5.69 Å². The van der Waals surface area contributed by atoms with Crippen molar-refractivity contribution in [1.29, 1.82) is 0 Å². The molecule has 0 radical (unpaired) electrons. The second-order valence-corrected chi connectivity index (χ2v) is 9.53. The first-order valence-corrected chi connectivity index (χ1v) is 11.3. The summed E-state index contributed by atoms with van der Waals surface area (Å²) >= 11 is 7.79. The summed E-state index contributed by atoms with van der Waals surface area (Å²) in [5, 5.41) is 0.745. The molecule has 0 saturated carbocycles. The lowest BCUT2D eigenvalue weighted by atomic mass is 10.1. The smallest absolute Gasteiger partial charge is 0.274 e. The van der Waals surface area contributed by atoms with Gasteiger partial charge in [-0.1, -0.05) is 29.0 Å². The standard InChI is InChI=1S/C25H22ClN3OS/c1-13-9-20-22(10-14(13)2)29-24(30)23(31-25(29)27-20)12-18-11-15(3)28(17(18)5)21-8-6-7-19(26)16(21)4/h6-12H,1-5H3/b23-12-. The van der Waals surface area contributed by atoms with Gasteiger partial charge < -0.3 is 4.57 Å². The molecule has 6 heteroatoms. The van der Waals surface area contributed by atoms with E-state index in [0.717, 1.165) is 54.8 Å². The van der Waals surface area contributed by atoms with Crippen LogP contribution in [0.25, 0.3) is 27.8 Å². The normalized spacial score (nSPS) is 12.5. The molecular formula is C25H22ClN3OS. The summed E-state index contributed by atoms with van der Waals surface area (Å²) in [7, 11) is 0. The second kappa shape index (κ2) is 7.08. The zero-order valence-corrected chi connectivity index (χ0v) is 19.6. The van der Waals surface area contributed by atoms with Gasteiger partial charge in [0.1, 0.15) is 0 Å². The van der Waals surface area contributed by atoms with E-state index in [4.69, 9.17) is 16.6 Å². The molecule has 0 bridgehead atoms. The number of aromatic nitrogens is 3. The molecule has 3 aromatic heterocycles. The van der Waals surface area contributed by atoms with Gasteiger partial charge in [0.25, 0.3) is 5.56 Å². The molecule has 0 unspecified atom stereocenters. The predicted octanol–water partition coefficient (Wildman–Crippen LogP) is 5.44. The third kappa shape index (κ3) is 3.03. The molecular weight excluding hydrogens is 426 g/mol. The van der Waals surface area contributed by atoms with Crippen molar-refractivity contribution in [3.63, 3.8) is 0 Å². The van der Waals surface area contributed by atoms with Gasteiger partial charge in [-0.25, -0.2) is 9.38 Å². The van der Waals surface area contributed by atoms with Gasteiger partial charge in [0, 0.05) is 22.1 Å². The molecule has 0 spiro atoms. The minimum atomic E-state index is -0.0190. The van der Waals surface area contributed by atoms with Crippen LogP contribution in [-0.2, 0) is 0 Å². The molecule has 3 heterocycles. The Bertz CT molecular complexity index is 1620. The van der Waals surface area contributed by atoms with Gasteiger partial charge >= 0.3 is 0 Å². The third-order valence-corrected chi connectivity index (χ3v) is 7.47. The quantitative estimate of drug-likeness (QED) is 0.361. The fourth-order valence-corrected chi connectivity index (χ4v) is 5.35. The minimum absolute atomic E-state index is 0.0190. The monoisotopic (exact) mass is 447 g/mol. The zero-order valence-electron chi connectivity index (χ0n) is 18.1. The molecule has 0 N–H and O–H groups in total. The average molecular weight is 448 g/mol. The van der Waals surface area contributed by atoms with Crippen LogP contribution in [0.2, 0.25) is 5.02 Å². The van der Waals surface area contributed by atoms with E-state index in [0.29, 0.717) is 4.53 Å². The Kier molecular flexibility index (Phi) is 4.57. The van der Waals surface area contributed by atoms with Crippen molar-refractivity contribution in [3.05, 3.63) is 89.9 Å². The van der Waals surface area contributed by atoms with Crippen molar-refractivity contribution < 1.29 is 0 Å². The van der Waals surface area contributed by atoms with Crippen LogP contribution in [-0.4, -0.2) is 14.0 Å². The van der Waals surface area contributed by atoms with Crippen molar-refractivity contribution >= 4 is 45.0 Å². The molecule has 5 rings (SSSR count). The summed E-state index contributed by atoms with van der Waals surface area (Å²) in [6, 6.07) is 12.2. The van der Waals surface area contributed by atoms with Crippen LogP contribution in [0.3, 0.4) is 0 Å². The molecule has 0 fully saturated rings. The second-order valence-electron chi connectivity index (χ2n) is 8.12. The largest absolute Gasteiger partial charge is 0.318 e. The number of thiazole rings is 1. The first kappa shape index (κ1) is 20.0. The number of hydrogen-bond donors (Lipinski definition) is 0. The Morgan fingerprint density at radius 1 is 1.03 bits per heavy atom. The van der Waals surface area contributed by atoms with Crippen LogP contribution in [0.5, 0.6) is 0 Å². The minimum Gasteiger partial charge on any atom is -0.318 e. The lowest BCUT2D eigenvalue weighted by Gasteiger charge is -2.13. The van der Waals surface area contributed by atoms with Crippen LogP contribution in [0.4, 0.5) is 0 Å². The van der Waals surface area contributed by atoms with Crippen molar-refractivity contribution in [2.24, 2.45) is 0 Å². The van der Waals surface area contributed by atoms with Gasteiger partial charge in [0.2, 0.25) is 0 Å². The van der Waals surface area contributed by atoms with Gasteiger partial charge in [0.05, 0.1) is 15.6 Å².